The van der Waals surface area contributed by atoms with Gasteiger partial charge in [-0.3, -0.25) is 4.79 Å². The molecule has 0 atom stereocenters. The van der Waals surface area contributed by atoms with Crippen molar-refractivity contribution in [1.82, 2.24) is 0 Å². The van der Waals surface area contributed by atoms with Crippen LogP contribution in [0.15, 0.2) is 46.6 Å². The number of carbonyl (C=O) groups is 1. The molecule has 0 saturated heterocycles. The van der Waals surface area contributed by atoms with E-state index in [9.17, 15) is 4.79 Å². The minimum Gasteiger partial charge on any atom is -0.481 e. The molecule has 0 unspecified atom stereocenters. The van der Waals surface area contributed by atoms with Gasteiger partial charge in [0.15, 0.2) is 0 Å². The normalized spacial score (nSPS) is 11.6. The van der Waals surface area contributed by atoms with Gasteiger partial charge in [0, 0.05) is 19.3 Å². The van der Waals surface area contributed by atoms with Gasteiger partial charge in [-0.05, 0) is 64.7 Å². The first-order chi connectivity index (χ1) is 11.2. The van der Waals surface area contributed by atoms with E-state index in [-0.39, 0.29) is 6.42 Å². The van der Waals surface area contributed by atoms with Crippen molar-refractivity contribution in [2.75, 3.05) is 0 Å². The van der Waals surface area contributed by atoms with Crippen molar-refractivity contribution >= 4 is 28.6 Å². The van der Waals surface area contributed by atoms with Gasteiger partial charge >= 0.3 is 5.97 Å². The van der Waals surface area contributed by atoms with Crippen LogP contribution in [0.2, 0.25) is 0 Å². The van der Waals surface area contributed by atoms with Crippen molar-refractivity contribution in [3.8, 4) is 11.8 Å². The number of hydrogen-bond acceptors (Lipinski definition) is 1. The number of rotatable bonds is 12. The van der Waals surface area contributed by atoms with Crippen molar-refractivity contribution in [3.05, 3.63) is 46.6 Å². The highest BCUT2D eigenvalue weighted by Gasteiger charge is 1.94. The lowest BCUT2D eigenvalue weighted by Gasteiger charge is -1.94. The number of aliphatic carboxylic acids is 1. The van der Waals surface area contributed by atoms with Crippen LogP contribution in [-0.4, -0.2) is 11.1 Å². The molecule has 126 valence electrons. The van der Waals surface area contributed by atoms with Gasteiger partial charge in [-0.2, -0.15) is 0 Å². The van der Waals surface area contributed by atoms with Gasteiger partial charge < -0.3 is 5.11 Å². The van der Waals surface area contributed by atoms with E-state index in [1.807, 2.05) is 6.08 Å². The Kier molecular flexibility index (Phi) is 16.1. The average Bonchev–Trinajstić information content (AvgIpc) is 2.52. The second-order valence-corrected chi connectivity index (χ2v) is 6.45. The topological polar surface area (TPSA) is 37.3 Å². The number of carboxylic acids is 1. The van der Waals surface area contributed by atoms with E-state index < -0.39 is 5.97 Å². The Balaban J connectivity index is 3.66. The summed E-state index contributed by atoms with van der Waals surface area (Å²) in [7, 11) is 0. The minimum absolute atomic E-state index is 0.245. The van der Waals surface area contributed by atoms with E-state index in [1.54, 1.807) is 0 Å². The maximum Gasteiger partial charge on any atom is 0.303 e. The van der Waals surface area contributed by atoms with E-state index in [4.69, 9.17) is 5.11 Å². The highest BCUT2D eigenvalue weighted by molar-refractivity contribution is 14.1. The van der Waals surface area contributed by atoms with Crippen molar-refractivity contribution in [1.29, 1.82) is 0 Å². The molecular formula is C20H27IO2. The Labute approximate surface area is 154 Å². The van der Waals surface area contributed by atoms with E-state index in [2.05, 4.69) is 71.4 Å². The van der Waals surface area contributed by atoms with Gasteiger partial charge in [0.05, 0.1) is 0 Å². The molecule has 0 rings (SSSR count). The molecule has 0 bridgehead atoms. The van der Waals surface area contributed by atoms with Crippen molar-refractivity contribution in [3.63, 3.8) is 0 Å². The predicted octanol–water partition coefficient (Wildman–Crippen LogP) is 6.20. The van der Waals surface area contributed by atoms with Crippen LogP contribution in [0.5, 0.6) is 0 Å². The van der Waals surface area contributed by atoms with Crippen LogP contribution >= 0.6 is 22.6 Å². The number of hydrogen-bond donors (Lipinski definition) is 1. The molecular weight excluding hydrogens is 399 g/mol. The van der Waals surface area contributed by atoms with Gasteiger partial charge in [-0.25, -0.2) is 0 Å². The summed E-state index contributed by atoms with van der Waals surface area (Å²) in [6.07, 6.45) is 20.2. The molecule has 23 heavy (non-hydrogen) atoms. The Morgan fingerprint density at radius 1 is 1.00 bits per heavy atom. The van der Waals surface area contributed by atoms with Gasteiger partial charge in [-0.1, -0.05) is 48.3 Å². The van der Waals surface area contributed by atoms with E-state index in [1.165, 1.54) is 10.0 Å². The van der Waals surface area contributed by atoms with Crippen molar-refractivity contribution in [2.24, 2.45) is 0 Å². The Morgan fingerprint density at radius 2 is 1.70 bits per heavy atom. The molecule has 0 saturated carbocycles. The van der Waals surface area contributed by atoms with Crippen LogP contribution in [0.25, 0.3) is 0 Å². The third-order valence-electron chi connectivity index (χ3n) is 2.95. The smallest absolute Gasteiger partial charge is 0.303 e. The monoisotopic (exact) mass is 426 g/mol. The highest BCUT2D eigenvalue weighted by atomic mass is 127. The number of allylic oxidation sites excluding steroid dienone is 7. The fourth-order valence-corrected chi connectivity index (χ4v) is 2.28. The van der Waals surface area contributed by atoms with Crippen LogP contribution in [0.4, 0.5) is 0 Å². The molecule has 0 aliphatic heterocycles. The first kappa shape index (κ1) is 21.7. The molecule has 0 heterocycles. The molecule has 0 spiro atoms. The van der Waals surface area contributed by atoms with Crippen LogP contribution in [0.3, 0.4) is 0 Å². The Bertz CT molecular complexity index is 476. The zero-order valence-corrected chi connectivity index (χ0v) is 15.9. The average molecular weight is 426 g/mol. The summed E-state index contributed by atoms with van der Waals surface area (Å²) in [5, 5.41) is 8.55. The Hall–Kier alpha value is -1.28. The van der Waals surface area contributed by atoms with Crippen molar-refractivity contribution in [2.45, 2.75) is 57.8 Å². The molecule has 0 aliphatic rings. The summed E-state index contributed by atoms with van der Waals surface area (Å²) in [6, 6.07) is 0. The van der Waals surface area contributed by atoms with Crippen LogP contribution in [0.1, 0.15) is 57.8 Å². The minimum atomic E-state index is -0.724. The molecule has 0 fully saturated rings. The first-order valence-corrected chi connectivity index (χ1v) is 9.17. The van der Waals surface area contributed by atoms with Crippen LogP contribution in [-0.2, 0) is 4.79 Å². The predicted molar refractivity (Wildman–Crippen MR) is 108 cm³/mol. The molecule has 0 aromatic rings. The van der Waals surface area contributed by atoms with Gasteiger partial charge in [0.1, 0.15) is 0 Å². The maximum absolute atomic E-state index is 10.4. The molecule has 0 aromatic carbocycles. The van der Waals surface area contributed by atoms with Crippen molar-refractivity contribution < 1.29 is 9.90 Å². The molecule has 1 N–H and O–H groups in total. The first-order valence-electron chi connectivity index (χ1n) is 8.09. The molecule has 0 aromatic heterocycles. The summed E-state index contributed by atoms with van der Waals surface area (Å²) in [5.41, 5.74) is 0. The molecule has 0 radical (unpaired) electrons. The summed E-state index contributed by atoms with van der Waals surface area (Å²) in [6.45, 7) is 3.70. The Morgan fingerprint density at radius 3 is 2.35 bits per heavy atom. The zero-order chi connectivity index (χ0) is 17.2. The highest BCUT2D eigenvalue weighted by Crippen LogP contribution is 2.14. The van der Waals surface area contributed by atoms with E-state index in [0.717, 1.165) is 38.5 Å². The number of halogens is 1. The fourth-order valence-electron chi connectivity index (χ4n) is 1.72. The molecule has 0 aliphatic carbocycles. The number of unbranched alkanes of at least 4 members (excludes halogenated alkanes) is 3. The van der Waals surface area contributed by atoms with Gasteiger partial charge in [-0.15, -0.1) is 6.58 Å². The van der Waals surface area contributed by atoms with Crippen LogP contribution < -0.4 is 0 Å². The largest absolute Gasteiger partial charge is 0.481 e. The lowest BCUT2D eigenvalue weighted by Crippen LogP contribution is -1.92. The standard InChI is InChI=1S/C20H27IO2/c1-2-3-4-5-6-7-8-9-10-11-12-13-16-19(21)17-14-15-18-20(22)23/h2,6-7,12-13,17H,1,3-5,8,11,14-16,18H2,(H,22,23). The van der Waals surface area contributed by atoms with Gasteiger partial charge in [0.25, 0.3) is 0 Å². The zero-order valence-electron chi connectivity index (χ0n) is 13.8. The second-order valence-electron chi connectivity index (χ2n) is 5.07. The summed E-state index contributed by atoms with van der Waals surface area (Å²) >= 11 is 2.30. The maximum atomic E-state index is 10.4. The lowest BCUT2D eigenvalue weighted by atomic mass is 10.2. The SMILES string of the molecule is C=CCCCC=CCC#CCC=CCC(I)=CCCCC(=O)O. The third-order valence-corrected chi connectivity index (χ3v) is 3.83. The summed E-state index contributed by atoms with van der Waals surface area (Å²) < 4.78 is 1.25. The van der Waals surface area contributed by atoms with Crippen LogP contribution in [0, 0.1) is 11.8 Å². The van der Waals surface area contributed by atoms with Gasteiger partial charge in [0.2, 0.25) is 0 Å². The molecule has 2 nitrogen and oxygen atoms in total. The number of carboxylic acid groups (broad SMARTS) is 1. The fraction of sp³-hybridized carbons (Fsp3) is 0.450. The summed E-state index contributed by atoms with van der Waals surface area (Å²) in [5.74, 6) is 5.55. The summed E-state index contributed by atoms with van der Waals surface area (Å²) in [4.78, 5) is 10.4. The molecule has 0 amide bonds. The second kappa shape index (κ2) is 17.1. The van der Waals surface area contributed by atoms with E-state index >= 15 is 0 Å². The quantitative estimate of drug-likeness (QED) is 0.175. The van der Waals surface area contributed by atoms with E-state index in [0.29, 0.717) is 6.42 Å². The lowest BCUT2D eigenvalue weighted by molar-refractivity contribution is -0.137. The third kappa shape index (κ3) is 18.7. The molecule has 3 heteroatoms.